The fraction of sp³-hybridized carbons (Fsp3) is 0.909. The van der Waals surface area contributed by atoms with Gasteiger partial charge in [0.05, 0.1) is 0 Å². The van der Waals surface area contributed by atoms with Crippen molar-refractivity contribution in [3.05, 3.63) is 0 Å². The van der Waals surface area contributed by atoms with E-state index < -0.39 is 0 Å². The minimum absolute atomic E-state index is 0.0383. The first-order valence-corrected chi connectivity index (χ1v) is 5.78. The highest BCUT2D eigenvalue weighted by Gasteiger charge is 2.15. The molecule has 0 fully saturated rings. The topological polar surface area (TPSA) is 75.3 Å². The van der Waals surface area contributed by atoms with Gasteiger partial charge in [-0.1, -0.05) is 20.3 Å². The molecule has 0 saturated heterocycles. The summed E-state index contributed by atoms with van der Waals surface area (Å²) in [5, 5.41) is 11.7. The molecule has 1 amide bonds. The summed E-state index contributed by atoms with van der Waals surface area (Å²) in [4.78, 5) is 11.6. The molecule has 4 N–H and O–H groups in total. The molecule has 0 aliphatic carbocycles. The lowest BCUT2D eigenvalue weighted by atomic mass is 10.0. The molecule has 0 spiro atoms. The van der Waals surface area contributed by atoms with Crippen LogP contribution in [-0.4, -0.2) is 30.7 Å². The summed E-state index contributed by atoms with van der Waals surface area (Å²) in [5.41, 5.74) is 5.48. The monoisotopic (exact) mass is 216 g/mol. The smallest absolute Gasteiger partial charge is 0.224 e. The maximum atomic E-state index is 11.6. The molecule has 2 atom stereocenters. The number of nitrogens with two attached hydrogens (primary N) is 1. The first-order valence-electron chi connectivity index (χ1n) is 5.78. The highest BCUT2D eigenvalue weighted by Crippen LogP contribution is 2.06. The molecule has 4 nitrogen and oxygen atoms in total. The Bertz CT molecular complexity index is 170. The third-order valence-electron chi connectivity index (χ3n) is 2.83. The average Bonchev–Trinajstić information content (AvgIpc) is 2.25. The Balaban J connectivity index is 3.85. The minimum atomic E-state index is -0.0726. The molecule has 0 aromatic rings. The van der Waals surface area contributed by atoms with Crippen LogP contribution in [0.1, 0.15) is 33.1 Å². The third-order valence-corrected chi connectivity index (χ3v) is 2.83. The zero-order valence-corrected chi connectivity index (χ0v) is 9.83. The Labute approximate surface area is 92.2 Å². The van der Waals surface area contributed by atoms with Crippen LogP contribution in [0.2, 0.25) is 0 Å². The molecule has 4 heteroatoms. The number of hydrogen-bond acceptors (Lipinski definition) is 3. The van der Waals surface area contributed by atoms with Crippen LogP contribution < -0.4 is 11.1 Å². The minimum Gasteiger partial charge on any atom is -0.396 e. The van der Waals surface area contributed by atoms with Crippen LogP contribution in [0.5, 0.6) is 0 Å². The molecule has 2 unspecified atom stereocenters. The van der Waals surface area contributed by atoms with Crippen LogP contribution in [-0.2, 0) is 4.79 Å². The summed E-state index contributed by atoms with van der Waals surface area (Å²) in [6.45, 7) is 5.25. The van der Waals surface area contributed by atoms with Crippen LogP contribution >= 0.6 is 0 Å². The lowest BCUT2D eigenvalue weighted by molar-refractivity contribution is -0.125. The van der Waals surface area contributed by atoms with Crippen molar-refractivity contribution >= 4 is 5.91 Å². The molecule has 0 rings (SSSR count). The highest BCUT2D eigenvalue weighted by molar-refractivity contribution is 5.78. The number of aliphatic hydroxyl groups is 1. The van der Waals surface area contributed by atoms with Gasteiger partial charge < -0.3 is 16.2 Å². The van der Waals surface area contributed by atoms with Crippen LogP contribution in [0, 0.1) is 11.8 Å². The van der Waals surface area contributed by atoms with E-state index in [1.807, 2.05) is 6.92 Å². The van der Waals surface area contributed by atoms with E-state index in [4.69, 9.17) is 10.8 Å². The molecular formula is C11H24N2O2. The lowest BCUT2D eigenvalue weighted by Gasteiger charge is -2.17. The van der Waals surface area contributed by atoms with Gasteiger partial charge in [0.1, 0.15) is 0 Å². The van der Waals surface area contributed by atoms with Gasteiger partial charge in [0.2, 0.25) is 5.91 Å². The second kappa shape index (κ2) is 8.68. The van der Waals surface area contributed by atoms with Crippen LogP contribution in [0.4, 0.5) is 0 Å². The van der Waals surface area contributed by atoms with Gasteiger partial charge in [0.25, 0.3) is 0 Å². The normalized spacial score (nSPS) is 14.7. The molecule has 0 radical (unpaired) electrons. The predicted octanol–water partition coefficient (Wildman–Crippen LogP) is 0.496. The maximum Gasteiger partial charge on any atom is 0.224 e. The summed E-state index contributed by atoms with van der Waals surface area (Å²) in [6, 6.07) is 0. The number of rotatable bonds is 8. The van der Waals surface area contributed by atoms with E-state index in [9.17, 15) is 4.79 Å². The Morgan fingerprint density at radius 2 is 2.07 bits per heavy atom. The van der Waals surface area contributed by atoms with E-state index in [0.717, 1.165) is 19.3 Å². The zero-order chi connectivity index (χ0) is 11.7. The van der Waals surface area contributed by atoms with Crippen LogP contribution in [0.25, 0.3) is 0 Å². The number of hydrogen-bond donors (Lipinski definition) is 3. The molecule has 0 saturated carbocycles. The standard InChI is InChI=1S/C11H24N2O2/c1-3-9(5-6-14)8-13-11(15)10(4-2)7-12/h9-10,14H,3-8,12H2,1-2H3,(H,13,15). The predicted molar refractivity (Wildman–Crippen MR) is 61.3 cm³/mol. The van der Waals surface area contributed by atoms with Gasteiger partial charge >= 0.3 is 0 Å². The molecule has 0 aliphatic heterocycles. The van der Waals surface area contributed by atoms with Crippen molar-refractivity contribution in [2.24, 2.45) is 17.6 Å². The Morgan fingerprint density at radius 3 is 2.47 bits per heavy atom. The van der Waals surface area contributed by atoms with E-state index in [0.29, 0.717) is 19.0 Å². The molecule has 15 heavy (non-hydrogen) atoms. The lowest BCUT2D eigenvalue weighted by Crippen LogP contribution is -2.37. The Morgan fingerprint density at radius 1 is 1.40 bits per heavy atom. The maximum absolute atomic E-state index is 11.6. The molecule has 0 bridgehead atoms. The van der Waals surface area contributed by atoms with E-state index >= 15 is 0 Å². The summed E-state index contributed by atoms with van der Waals surface area (Å²) in [5.74, 6) is 0.335. The van der Waals surface area contributed by atoms with Gasteiger partial charge in [0.15, 0.2) is 0 Å². The van der Waals surface area contributed by atoms with Crippen LogP contribution in [0.15, 0.2) is 0 Å². The number of nitrogens with one attached hydrogen (secondary N) is 1. The van der Waals surface area contributed by atoms with Gasteiger partial charge in [-0.05, 0) is 18.8 Å². The fourth-order valence-corrected chi connectivity index (χ4v) is 1.48. The summed E-state index contributed by atoms with van der Waals surface area (Å²) < 4.78 is 0. The van der Waals surface area contributed by atoms with E-state index in [1.54, 1.807) is 0 Å². The van der Waals surface area contributed by atoms with Crippen molar-refractivity contribution in [1.29, 1.82) is 0 Å². The second-order valence-corrected chi connectivity index (χ2v) is 3.87. The van der Waals surface area contributed by atoms with Gasteiger partial charge in [0, 0.05) is 25.6 Å². The van der Waals surface area contributed by atoms with Gasteiger partial charge in [-0.3, -0.25) is 4.79 Å². The van der Waals surface area contributed by atoms with Crippen molar-refractivity contribution in [2.45, 2.75) is 33.1 Å². The first kappa shape index (κ1) is 14.4. The van der Waals surface area contributed by atoms with Gasteiger partial charge in [-0.2, -0.15) is 0 Å². The van der Waals surface area contributed by atoms with E-state index in [1.165, 1.54) is 0 Å². The van der Waals surface area contributed by atoms with Crippen molar-refractivity contribution in [1.82, 2.24) is 5.32 Å². The number of amides is 1. The Kier molecular flexibility index (Phi) is 8.33. The SMILES string of the molecule is CCC(CCO)CNC(=O)C(CC)CN. The zero-order valence-electron chi connectivity index (χ0n) is 9.83. The number of carbonyl (C=O) groups excluding carboxylic acids is 1. The van der Waals surface area contributed by atoms with Crippen molar-refractivity contribution in [3.63, 3.8) is 0 Å². The van der Waals surface area contributed by atoms with Crippen molar-refractivity contribution < 1.29 is 9.90 Å². The fourth-order valence-electron chi connectivity index (χ4n) is 1.48. The van der Waals surface area contributed by atoms with Crippen LogP contribution in [0.3, 0.4) is 0 Å². The number of aliphatic hydroxyl groups excluding tert-OH is 1. The molecule has 0 heterocycles. The Hall–Kier alpha value is -0.610. The summed E-state index contributed by atoms with van der Waals surface area (Å²) in [6.07, 6.45) is 2.50. The molecule has 0 aliphatic rings. The molecule has 0 aromatic heterocycles. The summed E-state index contributed by atoms with van der Waals surface area (Å²) >= 11 is 0. The molecular weight excluding hydrogens is 192 g/mol. The van der Waals surface area contributed by atoms with Gasteiger partial charge in [-0.15, -0.1) is 0 Å². The second-order valence-electron chi connectivity index (χ2n) is 3.87. The molecule has 90 valence electrons. The van der Waals surface area contributed by atoms with E-state index in [-0.39, 0.29) is 18.4 Å². The first-order chi connectivity index (χ1) is 7.19. The largest absolute Gasteiger partial charge is 0.396 e. The van der Waals surface area contributed by atoms with Crippen molar-refractivity contribution in [3.8, 4) is 0 Å². The highest BCUT2D eigenvalue weighted by atomic mass is 16.3. The van der Waals surface area contributed by atoms with Crippen molar-refractivity contribution in [2.75, 3.05) is 19.7 Å². The number of carbonyl (C=O) groups is 1. The van der Waals surface area contributed by atoms with Gasteiger partial charge in [-0.25, -0.2) is 0 Å². The van der Waals surface area contributed by atoms with E-state index in [2.05, 4.69) is 12.2 Å². The third kappa shape index (κ3) is 5.74. The quantitative estimate of drug-likeness (QED) is 0.553. The average molecular weight is 216 g/mol. The molecule has 0 aromatic carbocycles. The summed E-state index contributed by atoms with van der Waals surface area (Å²) in [7, 11) is 0.